The summed E-state index contributed by atoms with van der Waals surface area (Å²) < 4.78 is 0. The van der Waals surface area contributed by atoms with Crippen LogP contribution in [0.25, 0.3) is 0 Å². The number of H-pyrrole nitrogens is 1. The first-order valence-electron chi connectivity index (χ1n) is 10.6. The molecule has 1 aromatic carbocycles. The SMILES string of the molecule is Cc1cccc(CN2CCN(C(=O)CN(C)C(=O)Cc3c(C)nc(=O)[nH]c3C)CC2)c1. The fourth-order valence-electron chi connectivity index (χ4n) is 3.92. The number of carbonyl (C=O) groups is 2. The average Bonchev–Trinajstić information content (AvgIpc) is 2.71. The van der Waals surface area contributed by atoms with Crippen molar-refractivity contribution in [2.24, 2.45) is 0 Å². The van der Waals surface area contributed by atoms with Crippen molar-refractivity contribution in [2.45, 2.75) is 33.7 Å². The number of hydrogen-bond acceptors (Lipinski definition) is 5. The van der Waals surface area contributed by atoms with E-state index in [9.17, 15) is 14.4 Å². The van der Waals surface area contributed by atoms with Crippen molar-refractivity contribution in [3.63, 3.8) is 0 Å². The van der Waals surface area contributed by atoms with Crippen LogP contribution >= 0.6 is 0 Å². The molecule has 2 amide bonds. The minimum Gasteiger partial charge on any atom is -0.339 e. The molecule has 2 heterocycles. The number of benzene rings is 1. The number of nitrogens with one attached hydrogen (secondary N) is 1. The van der Waals surface area contributed by atoms with Gasteiger partial charge in [-0.05, 0) is 26.3 Å². The van der Waals surface area contributed by atoms with Gasteiger partial charge in [0.05, 0.1) is 13.0 Å². The molecule has 8 heteroatoms. The Morgan fingerprint density at radius 3 is 2.48 bits per heavy atom. The van der Waals surface area contributed by atoms with E-state index in [2.05, 4.69) is 46.1 Å². The Morgan fingerprint density at radius 1 is 1.13 bits per heavy atom. The zero-order valence-electron chi connectivity index (χ0n) is 18.8. The molecule has 0 spiro atoms. The van der Waals surface area contributed by atoms with Gasteiger partial charge >= 0.3 is 5.69 Å². The lowest BCUT2D eigenvalue weighted by atomic mass is 10.1. The number of piperazine rings is 1. The Morgan fingerprint density at radius 2 is 1.84 bits per heavy atom. The molecule has 8 nitrogen and oxygen atoms in total. The van der Waals surface area contributed by atoms with E-state index in [1.807, 2.05) is 4.90 Å². The third kappa shape index (κ3) is 6.01. The molecule has 0 atom stereocenters. The summed E-state index contributed by atoms with van der Waals surface area (Å²) in [6.45, 7) is 9.45. The van der Waals surface area contributed by atoms with E-state index in [4.69, 9.17) is 0 Å². The lowest BCUT2D eigenvalue weighted by Gasteiger charge is -2.35. The molecule has 31 heavy (non-hydrogen) atoms. The molecular weight excluding hydrogens is 394 g/mol. The Bertz CT molecular complexity index is 982. The Labute approximate surface area is 182 Å². The number of aryl methyl sites for hydroxylation is 3. The summed E-state index contributed by atoms with van der Waals surface area (Å²) in [5.41, 5.74) is 3.99. The molecular formula is C23H31N5O3. The van der Waals surface area contributed by atoms with Gasteiger partial charge in [-0.15, -0.1) is 0 Å². The molecule has 1 aliphatic heterocycles. The van der Waals surface area contributed by atoms with Crippen LogP contribution in [0.2, 0.25) is 0 Å². The van der Waals surface area contributed by atoms with E-state index in [0.29, 0.717) is 30.0 Å². The van der Waals surface area contributed by atoms with Crippen LogP contribution in [0.3, 0.4) is 0 Å². The van der Waals surface area contributed by atoms with Gasteiger partial charge in [0.1, 0.15) is 0 Å². The van der Waals surface area contributed by atoms with Crippen LogP contribution in [0.4, 0.5) is 0 Å². The van der Waals surface area contributed by atoms with Crippen LogP contribution < -0.4 is 5.69 Å². The first-order chi connectivity index (χ1) is 14.7. The predicted octanol–water partition coefficient (Wildman–Crippen LogP) is 1.04. The maximum atomic E-state index is 12.7. The van der Waals surface area contributed by atoms with E-state index >= 15 is 0 Å². The first-order valence-corrected chi connectivity index (χ1v) is 10.6. The summed E-state index contributed by atoms with van der Waals surface area (Å²) >= 11 is 0. The van der Waals surface area contributed by atoms with Crippen molar-refractivity contribution in [1.82, 2.24) is 24.7 Å². The van der Waals surface area contributed by atoms with Gasteiger partial charge in [-0.3, -0.25) is 14.5 Å². The molecule has 1 aliphatic rings. The minimum atomic E-state index is -0.420. The Balaban J connectivity index is 1.49. The van der Waals surface area contributed by atoms with Crippen molar-refractivity contribution in [2.75, 3.05) is 39.8 Å². The van der Waals surface area contributed by atoms with E-state index in [1.54, 1.807) is 20.9 Å². The maximum absolute atomic E-state index is 12.7. The zero-order chi connectivity index (χ0) is 22.5. The van der Waals surface area contributed by atoms with E-state index < -0.39 is 5.69 Å². The molecule has 166 valence electrons. The number of likely N-dealkylation sites (N-methyl/N-ethyl adjacent to an activating group) is 1. The predicted molar refractivity (Wildman–Crippen MR) is 119 cm³/mol. The highest BCUT2D eigenvalue weighted by atomic mass is 16.2. The highest BCUT2D eigenvalue weighted by Gasteiger charge is 2.24. The van der Waals surface area contributed by atoms with Gasteiger partial charge in [0.2, 0.25) is 11.8 Å². The number of amides is 2. The molecule has 0 aliphatic carbocycles. The quantitative estimate of drug-likeness (QED) is 0.747. The Hall–Kier alpha value is -3.00. The molecule has 0 saturated carbocycles. The van der Waals surface area contributed by atoms with Crippen LogP contribution in [0.1, 0.15) is 28.1 Å². The summed E-state index contributed by atoms with van der Waals surface area (Å²) in [5.74, 6) is -0.217. The highest BCUT2D eigenvalue weighted by molar-refractivity contribution is 5.86. The van der Waals surface area contributed by atoms with Gasteiger partial charge in [-0.2, -0.15) is 4.98 Å². The van der Waals surface area contributed by atoms with E-state index in [-0.39, 0.29) is 24.8 Å². The van der Waals surface area contributed by atoms with Gasteiger partial charge in [-0.25, -0.2) is 4.79 Å². The van der Waals surface area contributed by atoms with Crippen molar-refractivity contribution in [3.8, 4) is 0 Å². The van der Waals surface area contributed by atoms with Crippen LogP contribution in [-0.4, -0.2) is 76.3 Å². The molecule has 2 aromatic rings. The maximum Gasteiger partial charge on any atom is 0.345 e. The molecule has 1 saturated heterocycles. The second-order valence-electron chi connectivity index (χ2n) is 8.30. The number of aromatic nitrogens is 2. The smallest absolute Gasteiger partial charge is 0.339 e. The fraction of sp³-hybridized carbons (Fsp3) is 0.478. The Kier molecular flexibility index (Phi) is 7.22. The number of hydrogen-bond donors (Lipinski definition) is 1. The van der Waals surface area contributed by atoms with Gasteiger partial charge in [-0.1, -0.05) is 29.8 Å². The number of nitrogens with zero attached hydrogens (tertiary/aromatic N) is 4. The summed E-state index contributed by atoms with van der Waals surface area (Å²) in [6.07, 6.45) is 0.107. The zero-order valence-corrected chi connectivity index (χ0v) is 18.8. The molecule has 0 radical (unpaired) electrons. The monoisotopic (exact) mass is 425 g/mol. The van der Waals surface area contributed by atoms with Crippen molar-refractivity contribution < 1.29 is 9.59 Å². The minimum absolute atomic E-state index is 0.0425. The number of rotatable bonds is 6. The second kappa shape index (κ2) is 9.87. The fourth-order valence-corrected chi connectivity index (χ4v) is 3.92. The molecule has 1 N–H and O–H groups in total. The van der Waals surface area contributed by atoms with Crippen LogP contribution in [0.5, 0.6) is 0 Å². The lowest BCUT2D eigenvalue weighted by molar-refractivity contribution is -0.140. The summed E-state index contributed by atoms with van der Waals surface area (Å²) in [7, 11) is 1.64. The first kappa shape index (κ1) is 22.7. The number of carbonyl (C=O) groups excluding carboxylic acids is 2. The summed E-state index contributed by atoms with van der Waals surface area (Å²) in [6, 6.07) is 8.49. The lowest BCUT2D eigenvalue weighted by Crippen LogP contribution is -2.51. The van der Waals surface area contributed by atoms with Crippen LogP contribution in [-0.2, 0) is 22.6 Å². The summed E-state index contributed by atoms with van der Waals surface area (Å²) in [4.78, 5) is 48.9. The van der Waals surface area contributed by atoms with Crippen molar-refractivity contribution in [1.29, 1.82) is 0 Å². The van der Waals surface area contributed by atoms with E-state index in [1.165, 1.54) is 16.0 Å². The number of aromatic amines is 1. The topological polar surface area (TPSA) is 89.6 Å². The highest BCUT2D eigenvalue weighted by Crippen LogP contribution is 2.12. The average molecular weight is 426 g/mol. The third-order valence-electron chi connectivity index (χ3n) is 5.79. The van der Waals surface area contributed by atoms with Gasteiger partial charge in [0, 0.05) is 56.7 Å². The van der Waals surface area contributed by atoms with Crippen molar-refractivity contribution in [3.05, 3.63) is 62.8 Å². The van der Waals surface area contributed by atoms with Gasteiger partial charge < -0.3 is 14.8 Å². The normalized spacial score (nSPS) is 14.5. The van der Waals surface area contributed by atoms with E-state index in [0.717, 1.165) is 19.6 Å². The molecule has 0 bridgehead atoms. The molecule has 0 unspecified atom stereocenters. The second-order valence-corrected chi connectivity index (χ2v) is 8.30. The molecule has 3 rings (SSSR count). The van der Waals surface area contributed by atoms with Gasteiger partial charge in [0.25, 0.3) is 0 Å². The van der Waals surface area contributed by atoms with Crippen molar-refractivity contribution >= 4 is 11.8 Å². The molecule has 1 aromatic heterocycles. The van der Waals surface area contributed by atoms with Crippen LogP contribution in [0.15, 0.2) is 29.1 Å². The largest absolute Gasteiger partial charge is 0.345 e. The summed E-state index contributed by atoms with van der Waals surface area (Å²) in [5, 5.41) is 0. The van der Waals surface area contributed by atoms with Crippen LogP contribution in [0, 0.1) is 20.8 Å². The third-order valence-corrected chi connectivity index (χ3v) is 5.79. The standard InChI is InChI=1S/C23H31N5O3/c1-16-6-5-7-19(12-16)14-27-8-10-28(11-9-27)22(30)15-26(4)21(29)13-20-17(2)24-23(31)25-18(20)3/h5-7,12H,8-11,13-15H2,1-4H3,(H,24,25,31). The van der Waals surface area contributed by atoms with Gasteiger partial charge in [0.15, 0.2) is 0 Å². The molecule has 1 fully saturated rings.